The van der Waals surface area contributed by atoms with Gasteiger partial charge in [-0.1, -0.05) is 48.5 Å². The summed E-state index contributed by atoms with van der Waals surface area (Å²) in [5.41, 5.74) is 2.13. The summed E-state index contributed by atoms with van der Waals surface area (Å²) < 4.78 is 0. The monoisotopic (exact) mass is 400 g/mol. The number of amides is 2. The number of hydrogen-bond donors (Lipinski definition) is 2. The van der Waals surface area contributed by atoms with E-state index in [9.17, 15) is 9.59 Å². The van der Waals surface area contributed by atoms with E-state index in [4.69, 9.17) is 0 Å². The van der Waals surface area contributed by atoms with Gasteiger partial charge in [-0.15, -0.1) is 11.3 Å². The van der Waals surface area contributed by atoms with Crippen molar-refractivity contribution in [3.8, 4) is 0 Å². The number of hydrogen-bond acceptors (Lipinski definition) is 3. The van der Waals surface area contributed by atoms with Crippen LogP contribution in [0.4, 0.5) is 5.69 Å². The van der Waals surface area contributed by atoms with Gasteiger partial charge in [0.25, 0.3) is 11.8 Å². The summed E-state index contributed by atoms with van der Waals surface area (Å²) in [5, 5.41) is 10.0. The zero-order valence-corrected chi connectivity index (χ0v) is 16.7. The Morgan fingerprint density at radius 2 is 1.66 bits per heavy atom. The molecule has 0 saturated heterocycles. The van der Waals surface area contributed by atoms with E-state index in [-0.39, 0.29) is 17.9 Å². The van der Waals surface area contributed by atoms with Gasteiger partial charge >= 0.3 is 0 Å². The van der Waals surface area contributed by atoms with E-state index in [1.54, 1.807) is 30.3 Å². The van der Waals surface area contributed by atoms with Crippen molar-refractivity contribution in [3.63, 3.8) is 0 Å². The normalized spacial score (nSPS) is 11.8. The zero-order valence-electron chi connectivity index (χ0n) is 15.9. The molecule has 1 heterocycles. The summed E-state index contributed by atoms with van der Waals surface area (Å²) in [6.07, 6.45) is 0. The third-order valence-electron chi connectivity index (χ3n) is 4.75. The molecule has 4 rings (SSSR count). The SMILES string of the molecule is CC(NC(=O)c1cccc(NC(=O)c2cccs2)c1)c1ccc2ccccc2c1. The van der Waals surface area contributed by atoms with Gasteiger partial charge in [0.1, 0.15) is 0 Å². The Balaban J connectivity index is 1.46. The smallest absolute Gasteiger partial charge is 0.265 e. The Hall–Kier alpha value is -3.44. The predicted molar refractivity (Wildman–Crippen MR) is 119 cm³/mol. The molecule has 2 N–H and O–H groups in total. The molecule has 0 aliphatic carbocycles. The van der Waals surface area contributed by atoms with Gasteiger partial charge in [0, 0.05) is 11.3 Å². The molecule has 0 aliphatic heterocycles. The lowest BCUT2D eigenvalue weighted by Gasteiger charge is -2.15. The first-order valence-electron chi connectivity index (χ1n) is 9.34. The van der Waals surface area contributed by atoms with Crippen molar-refractivity contribution in [1.82, 2.24) is 5.32 Å². The number of fused-ring (bicyclic) bond motifs is 1. The van der Waals surface area contributed by atoms with Crippen LogP contribution in [0.5, 0.6) is 0 Å². The molecule has 5 heteroatoms. The van der Waals surface area contributed by atoms with Crippen molar-refractivity contribution in [2.45, 2.75) is 13.0 Å². The molecule has 4 nitrogen and oxygen atoms in total. The number of carbonyl (C=O) groups excluding carboxylic acids is 2. The van der Waals surface area contributed by atoms with Crippen molar-refractivity contribution >= 4 is 39.6 Å². The van der Waals surface area contributed by atoms with Gasteiger partial charge in [-0.2, -0.15) is 0 Å². The lowest BCUT2D eigenvalue weighted by molar-refractivity contribution is 0.0938. The van der Waals surface area contributed by atoms with Gasteiger partial charge in [0.2, 0.25) is 0 Å². The minimum atomic E-state index is -0.183. The second-order valence-corrected chi connectivity index (χ2v) is 7.76. The molecule has 4 aromatic rings. The summed E-state index contributed by atoms with van der Waals surface area (Å²) in [6.45, 7) is 1.96. The second-order valence-electron chi connectivity index (χ2n) is 6.81. The molecule has 3 aromatic carbocycles. The number of rotatable bonds is 5. The molecule has 0 bridgehead atoms. The minimum Gasteiger partial charge on any atom is -0.346 e. The van der Waals surface area contributed by atoms with Gasteiger partial charge in [0.05, 0.1) is 10.9 Å². The third kappa shape index (κ3) is 4.36. The average molecular weight is 401 g/mol. The standard InChI is InChI=1S/C24H20N2O2S/c1-16(18-12-11-17-6-2-3-7-19(17)14-18)25-23(27)20-8-4-9-21(15-20)26-24(28)22-10-5-13-29-22/h2-16H,1H3,(H,25,27)(H,26,28). The van der Waals surface area contributed by atoms with Crippen LogP contribution in [0, 0.1) is 0 Å². The highest BCUT2D eigenvalue weighted by Crippen LogP contribution is 2.21. The number of benzene rings is 3. The van der Waals surface area contributed by atoms with Crippen molar-refractivity contribution in [2.75, 3.05) is 5.32 Å². The van der Waals surface area contributed by atoms with Crippen LogP contribution >= 0.6 is 11.3 Å². The molecule has 2 amide bonds. The fourth-order valence-electron chi connectivity index (χ4n) is 3.18. The van der Waals surface area contributed by atoms with Crippen molar-refractivity contribution in [3.05, 3.63) is 100 Å². The van der Waals surface area contributed by atoms with Crippen LogP contribution in [-0.2, 0) is 0 Å². The maximum atomic E-state index is 12.7. The summed E-state index contributed by atoms with van der Waals surface area (Å²) in [7, 11) is 0. The van der Waals surface area contributed by atoms with Crippen LogP contribution < -0.4 is 10.6 Å². The van der Waals surface area contributed by atoms with Gasteiger partial charge < -0.3 is 10.6 Å². The zero-order chi connectivity index (χ0) is 20.2. The molecule has 0 fully saturated rings. The third-order valence-corrected chi connectivity index (χ3v) is 5.62. The molecule has 0 radical (unpaired) electrons. The van der Waals surface area contributed by atoms with Gasteiger partial charge in [0.15, 0.2) is 0 Å². The van der Waals surface area contributed by atoms with Crippen LogP contribution in [-0.4, -0.2) is 11.8 Å². The van der Waals surface area contributed by atoms with E-state index in [1.165, 1.54) is 16.7 Å². The molecular formula is C24H20N2O2S. The Bertz CT molecular complexity index is 1170. The lowest BCUT2D eigenvalue weighted by Crippen LogP contribution is -2.26. The largest absolute Gasteiger partial charge is 0.346 e. The van der Waals surface area contributed by atoms with E-state index in [2.05, 4.69) is 34.9 Å². The predicted octanol–water partition coefficient (Wildman–Crippen LogP) is 5.64. The van der Waals surface area contributed by atoms with Crippen molar-refractivity contribution in [2.24, 2.45) is 0 Å². The van der Waals surface area contributed by atoms with E-state index in [0.29, 0.717) is 16.1 Å². The maximum absolute atomic E-state index is 12.7. The summed E-state index contributed by atoms with van der Waals surface area (Å²) in [6, 6.07) is 24.8. The molecule has 29 heavy (non-hydrogen) atoms. The molecule has 0 spiro atoms. The van der Waals surface area contributed by atoms with Crippen molar-refractivity contribution in [1.29, 1.82) is 0 Å². The Labute approximate surface area is 173 Å². The molecular weight excluding hydrogens is 380 g/mol. The van der Waals surface area contributed by atoms with E-state index >= 15 is 0 Å². The Kier molecular flexibility index (Phi) is 5.40. The average Bonchev–Trinajstić information content (AvgIpc) is 3.28. The van der Waals surface area contributed by atoms with E-state index in [1.807, 2.05) is 36.6 Å². The highest BCUT2D eigenvalue weighted by atomic mass is 32.1. The number of nitrogens with one attached hydrogen (secondary N) is 2. The number of carbonyl (C=O) groups is 2. The quantitative estimate of drug-likeness (QED) is 0.455. The number of anilines is 1. The molecule has 1 aromatic heterocycles. The summed E-state index contributed by atoms with van der Waals surface area (Å²) in [5.74, 6) is -0.361. The van der Waals surface area contributed by atoms with Gasteiger partial charge in [-0.25, -0.2) is 0 Å². The highest BCUT2D eigenvalue weighted by Gasteiger charge is 2.13. The Morgan fingerprint density at radius 1 is 0.828 bits per heavy atom. The van der Waals surface area contributed by atoms with Crippen LogP contribution in [0.2, 0.25) is 0 Å². The van der Waals surface area contributed by atoms with Crippen LogP contribution in [0.1, 0.15) is 38.6 Å². The molecule has 1 unspecified atom stereocenters. The first-order valence-corrected chi connectivity index (χ1v) is 10.2. The number of thiophene rings is 1. The lowest BCUT2D eigenvalue weighted by atomic mass is 10.0. The van der Waals surface area contributed by atoms with E-state index < -0.39 is 0 Å². The minimum absolute atomic E-state index is 0.142. The Morgan fingerprint density at radius 3 is 2.45 bits per heavy atom. The summed E-state index contributed by atoms with van der Waals surface area (Å²) in [4.78, 5) is 25.6. The molecule has 1 atom stereocenters. The second kappa shape index (κ2) is 8.29. The fraction of sp³-hybridized carbons (Fsp3) is 0.0833. The highest BCUT2D eigenvalue weighted by molar-refractivity contribution is 7.12. The molecule has 0 aliphatic rings. The van der Waals surface area contributed by atoms with Gasteiger partial charge in [-0.3, -0.25) is 9.59 Å². The van der Waals surface area contributed by atoms with Crippen LogP contribution in [0.15, 0.2) is 84.2 Å². The molecule has 144 valence electrons. The van der Waals surface area contributed by atoms with Crippen LogP contribution in [0.25, 0.3) is 10.8 Å². The maximum Gasteiger partial charge on any atom is 0.265 e. The van der Waals surface area contributed by atoms with E-state index in [0.717, 1.165) is 10.9 Å². The van der Waals surface area contributed by atoms with Crippen molar-refractivity contribution < 1.29 is 9.59 Å². The summed E-state index contributed by atoms with van der Waals surface area (Å²) >= 11 is 1.38. The first-order chi connectivity index (χ1) is 14.1. The van der Waals surface area contributed by atoms with Gasteiger partial charge in [-0.05, 0) is 59.0 Å². The topological polar surface area (TPSA) is 58.2 Å². The first kappa shape index (κ1) is 18.9. The fourth-order valence-corrected chi connectivity index (χ4v) is 3.80. The molecule has 0 saturated carbocycles. The van der Waals surface area contributed by atoms with Crippen LogP contribution in [0.3, 0.4) is 0 Å².